The Labute approximate surface area is 136 Å². The van der Waals surface area contributed by atoms with E-state index < -0.39 is 0 Å². The summed E-state index contributed by atoms with van der Waals surface area (Å²) in [7, 11) is 0. The molecule has 1 aromatic carbocycles. The zero-order chi connectivity index (χ0) is 16.1. The highest BCUT2D eigenvalue weighted by molar-refractivity contribution is 5.66. The molecule has 6 heteroatoms. The van der Waals surface area contributed by atoms with E-state index in [2.05, 4.69) is 22.1 Å². The van der Waals surface area contributed by atoms with Crippen LogP contribution in [0.1, 0.15) is 19.8 Å². The molecule has 0 radical (unpaired) electrons. The van der Waals surface area contributed by atoms with Crippen LogP contribution >= 0.6 is 0 Å². The number of likely N-dealkylation sites (tertiary alicyclic amines) is 1. The molecule has 23 heavy (non-hydrogen) atoms. The molecule has 1 saturated heterocycles. The maximum atomic E-state index is 8.94. The van der Waals surface area contributed by atoms with Gasteiger partial charge in [0.15, 0.2) is 0 Å². The standard InChI is InChI=1S/C17H24N4O2/c1-2-20-9-5-6-14(20)12-21-13-16(18-19-21)15-7-3-4-8-17(15)23-11-10-22/h3-4,7-8,13-14,22H,2,5-6,9-12H2,1H3. The third-order valence-corrected chi connectivity index (χ3v) is 4.35. The van der Waals surface area contributed by atoms with Gasteiger partial charge in [-0.15, -0.1) is 5.10 Å². The molecule has 1 unspecified atom stereocenters. The van der Waals surface area contributed by atoms with Gasteiger partial charge >= 0.3 is 0 Å². The number of ether oxygens (including phenoxy) is 1. The van der Waals surface area contributed by atoms with E-state index in [1.807, 2.05) is 35.1 Å². The minimum Gasteiger partial charge on any atom is -0.490 e. The number of hydrogen-bond acceptors (Lipinski definition) is 5. The van der Waals surface area contributed by atoms with Crippen molar-refractivity contribution < 1.29 is 9.84 Å². The molecule has 0 spiro atoms. The fourth-order valence-corrected chi connectivity index (χ4v) is 3.20. The largest absolute Gasteiger partial charge is 0.490 e. The lowest BCUT2D eigenvalue weighted by Crippen LogP contribution is -2.32. The Morgan fingerprint density at radius 2 is 2.22 bits per heavy atom. The lowest BCUT2D eigenvalue weighted by molar-refractivity contribution is 0.202. The highest BCUT2D eigenvalue weighted by Gasteiger charge is 2.23. The Balaban J connectivity index is 1.74. The van der Waals surface area contributed by atoms with Crippen molar-refractivity contribution in [3.05, 3.63) is 30.5 Å². The molecule has 0 bridgehead atoms. The predicted molar refractivity (Wildman–Crippen MR) is 88.3 cm³/mol. The fourth-order valence-electron chi connectivity index (χ4n) is 3.20. The van der Waals surface area contributed by atoms with Crippen molar-refractivity contribution in [2.24, 2.45) is 0 Å². The van der Waals surface area contributed by atoms with Gasteiger partial charge in [-0.25, -0.2) is 0 Å². The number of rotatable bonds is 7. The van der Waals surface area contributed by atoms with Crippen molar-refractivity contribution in [1.82, 2.24) is 19.9 Å². The van der Waals surface area contributed by atoms with Crippen LogP contribution in [0.3, 0.4) is 0 Å². The topological polar surface area (TPSA) is 63.4 Å². The first-order chi connectivity index (χ1) is 11.3. The maximum absolute atomic E-state index is 8.94. The van der Waals surface area contributed by atoms with Gasteiger partial charge in [-0.3, -0.25) is 9.58 Å². The highest BCUT2D eigenvalue weighted by atomic mass is 16.5. The van der Waals surface area contributed by atoms with Crippen LogP contribution in [0.25, 0.3) is 11.3 Å². The Morgan fingerprint density at radius 1 is 1.35 bits per heavy atom. The minimum atomic E-state index is -0.00441. The van der Waals surface area contributed by atoms with Gasteiger partial charge in [0.1, 0.15) is 18.1 Å². The Kier molecular flexibility index (Phi) is 5.25. The molecule has 3 rings (SSSR count). The quantitative estimate of drug-likeness (QED) is 0.844. The number of aliphatic hydroxyl groups is 1. The van der Waals surface area contributed by atoms with Crippen LogP contribution in [0.15, 0.2) is 30.5 Å². The molecule has 6 nitrogen and oxygen atoms in total. The van der Waals surface area contributed by atoms with Crippen molar-refractivity contribution in [3.8, 4) is 17.0 Å². The molecule has 2 heterocycles. The van der Waals surface area contributed by atoms with Gasteiger partial charge in [0.25, 0.3) is 0 Å². The normalized spacial score (nSPS) is 18.4. The lowest BCUT2D eigenvalue weighted by atomic mass is 10.1. The number of para-hydroxylation sites is 1. The maximum Gasteiger partial charge on any atom is 0.128 e. The van der Waals surface area contributed by atoms with Crippen molar-refractivity contribution in [2.75, 3.05) is 26.3 Å². The average molecular weight is 316 g/mol. The summed E-state index contributed by atoms with van der Waals surface area (Å²) in [6, 6.07) is 8.28. The molecule has 1 fully saturated rings. The number of nitrogens with zero attached hydrogens (tertiary/aromatic N) is 4. The van der Waals surface area contributed by atoms with Crippen LogP contribution in [-0.2, 0) is 6.54 Å². The first-order valence-electron chi connectivity index (χ1n) is 8.29. The van der Waals surface area contributed by atoms with Gasteiger partial charge in [-0.2, -0.15) is 0 Å². The summed E-state index contributed by atoms with van der Waals surface area (Å²) in [6.45, 7) is 5.62. The number of hydrogen-bond donors (Lipinski definition) is 1. The smallest absolute Gasteiger partial charge is 0.128 e. The van der Waals surface area contributed by atoms with Crippen LogP contribution in [0.4, 0.5) is 0 Å². The van der Waals surface area contributed by atoms with Gasteiger partial charge in [0, 0.05) is 11.6 Å². The SMILES string of the molecule is CCN1CCCC1Cn1cc(-c2ccccc2OCCO)nn1. The number of benzene rings is 1. The molecular formula is C17H24N4O2. The molecule has 1 aromatic heterocycles. The van der Waals surface area contributed by atoms with Crippen LogP contribution < -0.4 is 4.74 Å². The third kappa shape index (κ3) is 3.71. The molecule has 1 N–H and O–H groups in total. The summed E-state index contributed by atoms with van der Waals surface area (Å²) in [5, 5.41) is 17.5. The van der Waals surface area contributed by atoms with E-state index >= 15 is 0 Å². The summed E-state index contributed by atoms with van der Waals surface area (Å²) in [5.74, 6) is 0.727. The zero-order valence-corrected chi connectivity index (χ0v) is 13.6. The second kappa shape index (κ2) is 7.57. The number of likely N-dealkylation sites (N-methyl/N-ethyl adjacent to an activating group) is 1. The van der Waals surface area contributed by atoms with E-state index in [1.165, 1.54) is 19.4 Å². The summed E-state index contributed by atoms with van der Waals surface area (Å²) >= 11 is 0. The summed E-state index contributed by atoms with van der Waals surface area (Å²) in [4.78, 5) is 2.50. The third-order valence-electron chi connectivity index (χ3n) is 4.35. The van der Waals surface area contributed by atoms with E-state index in [9.17, 15) is 0 Å². The van der Waals surface area contributed by atoms with E-state index in [1.54, 1.807) is 0 Å². The van der Waals surface area contributed by atoms with Crippen molar-refractivity contribution in [2.45, 2.75) is 32.4 Å². The number of aromatic nitrogens is 3. The number of aliphatic hydroxyl groups excluding tert-OH is 1. The Bertz CT molecular complexity index is 629. The second-order valence-corrected chi connectivity index (χ2v) is 5.82. The first-order valence-corrected chi connectivity index (χ1v) is 8.29. The van der Waals surface area contributed by atoms with Crippen LogP contribution in [-0.4, -0.2) is 57.3 Å². The van der Waals surface area contributed by atoms with Crippen molar-refractivity contribution in [3.63, 3.8) is 0 Å². The molecule has 1 atom stereocenters. The van der Waals surface area contributed by atoms with Crippen LogP contribution in [0.5, 0.6) is 5.75 Å². The van der Waals surface area contributed by atoms with Gasteiger partial charge in [-0.05, 0) is 38.1 Å². The van der Waals surface area contributed by atoms with Gasteiger partial charge in [0.05, 0.1) is 19.3 Å². The molecule has 0 saturated carbocycles. The fraction of sp³-hybridized carbons (Fsp3) is 0.529. The van der Waals surface area contributed by atoms with Crippen LogP contribution in [0.2, 0.25) is 0 Å². The van der Waals surface area contributed by atoms with Crippen molar-refractivity contribution >= 4 is 0 Å². The highest BCUT2D eigenvalue weighted by Crippen LogP contribution is 2.28. The van der Waals surface area contributed by atoms with Crippen molar-refractivity contribution in [1.29, 1.82) is 0 Å². The lowest BCUT2D eigenvalue weighted by Gasteiger charge is -2.22. The monoisotopic (exact) mass is 316 g/mol. The molecule has 0 aliphatic carbocycles. The summed E-state index contributed by atoms with van der Waals surface area (Å²) < 4.78 is 7.51. The van der Waals surface area contributed by atoms with Gasteiger partial charge < -0.3 is 9.84 Å². The molecule has 124 valence electrons. The Morgan fingerprint density at radius 3 is 3.04 bits per heavy atom. The van der Waals surface area contributed by atoms with E-state index in [4.69, 9.17) is 9.84 Å². The molecular weight excluding hydrogens is 292 g/mol. The summed E-state index contributed by atoms with van der Waals surface area (Å²) in [5.41, 5.74) is 1.71. The average Bonchev–Trinajstić information content (AvgIpc) is 3.23. The molecule has 2 aromatic rings. The minimum absolute atomic E-state index is 0.00441. The Hall–Kier alpha value is -1.92. The first kappa shape index (κ1) is 16.0. The molecule has 1 aliphatic heterocycles. The zero-order valence-electron chi connectivity index (χ0n) is 13.6. The molecule has 0 amide bonds. The van der Waals surface area contributed by atoms with Gasteiger partial charge in [-0.1, -0.05) is 24.3 Å². The second-order valence-electron chi connectivity index (χ2n) is 5.82. The molecule has 1 aliphatic rings. The van der Waals surface area contributed by atoms with Gasteiger partial charge in [0.2, 0.25) is 0 Å². The van der Waals surface area contributed by atoms with E-state index in [0.29, 0.717) is 6.04 Å². The predicted octanol–water partition coefficient (Wildman–Crippen LogP) is 1.80. The van der Waals surface area contributed by atoms with Crippen LogP contribution in [0, 0.1) is 0 Å². The summed E-state index contributed by atoms with van der Waals surface area (Å²) in [6.07, 6.45) is 4.46. The van der Waals surface area contributed by atoms with E-state index in [0.717, 1.165) is 30.1 Å². The van der Waals surface area contributed by atoms with E-state index in [-0.39, 0.29) is 13.2 Å².